The summed E-state index contributed by atoms with van der Waals surface area (Å²) in [6.07, 6.45) is 0. The van der Waals surface area contributed by atoms with Crippen LogP contribution in [0.3, 0.4) is 0 Å². The van der Waals surface area contributed by atoms with Gasteiger partial charge in [-0.25, -0.2) is 4.98 Å². The van der Waals surface area contributed by atoms with Crippen molar-refractivity contribution in [2.24, 2.45) is 0 Å². The molecule has 0 radical (unpaired) electrons. The summed E-state index contributed by atoms with van der Waals surface area (Å²) < 4.78 is 11.6. The summed E-state index contributed by atoms with van der Waals surface area (Å²) >= 11 is 0. The average molecular weight is 676 g/mol. The molecule has 8 aromatic carbocycles. The predicted octanol–water partition coefficient (Wildman–Crippen LogP) is 13.1. The topological polar surface area (TPSA) is 35.9 Å². The zero-order valence-corrected chi connectivity index (χ0v) is 28.5. The Balaban J connectivity index is 1.21. The Kier molecular flexibility index (Phi) is 5.74. The maximum atomic E-state index is 6.68. The Bertz CT molecular complexity index is 3460. The standard InChI is InChI=1S/C49H29N3O/c1-2-14-31(15-3-1)51-42-22-9-5-18-34(42)38-26-27-39-35-19-6-10-23-43(35)52(48(39)47(38)51)32-16-12-13-30(29-32)46-45-37(33-17-4-8-21-41(33)50-46)25-28-40-36-20-7-11-24-44(36)53-49(40)45/h1-29H. The van der Waals surface area contributed by atoms with Crippen LogP contribution in [0.4, 0.5) is 0 Å². The highest BCUT2D eigenvalue weighted by molar-refractivity contribution is 6.25. The van der Waals surface area contributed by atoms with Crippen LogP contribution in [-0.4, -0.2) is 14.1 Å². The minimum Gasteiger partial charge on any atom is -0.455 e. The Morgan fingerprint density at radius 2 is 0.962 bits per heavy atom. The predicted molar refractivity (Wildman–Crippen MR) is 221 cm³/mol. The van der Waals surface area contributed by atoms with Gasteiger partial charge in [0.05, 0.1) is 38.7 Å². The van der Waals surface area contributed by atoms with Crippen LogP contribution in [0.25, 0.3) is 110 Å². The summed E-state index contributed by atoms with van der Waals surface area (Å²) in [7, 11) is 0. The van der Waals surface area contributed by atoms with Crippen LogP contribution < -0.4 is 0 Å². The average Bonchev–Trinajstić information content (AvgIpc) is 3.89. The molecule has 246 valence electrons. The van der Waals surface area contributed by atoms with E-state index in [1.54, 1.807) is 0 Å². The normalized spacial score (nSPS) is 12.2. The number of aromatic nitrogens is 3. The van der Waals surface area contributed by atoms with Crippen molar-refractivity contribution in [2.75, 3.05) is 0 Å². The number of benzene rings is 8. The van der Waals surface area contributed by atoms with Gasteiger partial charge in [0.15, 0.2) is 0 Å². The first-order valence-corrected chi connectivity index (χ1v) is 18.1. The van der Waals surface area contributed by atoms with E-state index >= 15 is 0 Å². The van der Waals surface area contributed by atoms with Crippen molar-refractivity contribution in [1.29, 1.82) is 0 Å². The fourth-order valence-corrected chi connectivity index (χ4v) is 8.84. The molecule has 4 heteroatoms. The molecule has 12 aromatic rings. The van der Waals surface area contributed by atoms with Crippen molar-refractivity contribution in [3.05, 3.63) is 176 Å². The number of pyridine rings is 1. The minimum atomic E-state index is 0.869. The third-order valence-electron chi connectivity index (χ3n) is 11.1. The van der Waals surface area contributed by atoms with E-state index in [1.165, 1.54) is 38.1 Å². The van der Waals surface area contributed by atoms with Gasteiger partial charge in [-0.15, -0.1) is 0 Å². The van der Waals surface area contributed by atoms with E-state index in [2.05, 4.69) is 173 Å². The molecule has 0 aliphatic carbocycles. The molecule has 0 saturated heterocycles. The molecule has 0 N–H and O–H groups in total. The van der Waals surface area contributed by atoms with Crippen LogP contribution in [0.2, 0.25) is 0 Å². The fourth-order valence-electron chi connectivity index (χ4n) is 8.84. The molecule has 0 spiro atoms. The van der Waals surface area contributed by atoms with Crippen LogP contribution >= 0.6 is 0 Å². The van der Waals surface area contributed by atoms with Gasteiger partial charge < -0.3 is 13.6 Å². The van der Waals surface area contributed by atoms with Crippen molar-refractivity contribution in [1.82, 2.24) is 14.1 Å². The lowest BCUT2D eigenvalue weighted by Crippen LogP contribution is -1.99. The maximum absolute atomic E-state index is 6.68. The summed E-state index contributed by atoms with van der Waals surface area (Å²) in [5.74, 6) is 0. The van der Waals surface area contributed by atoms with Crippen molar-refractivity contribution in [3.63, 3.8) is 0 Å². The minimum absolute atomic E-state index is 0.869. The number of hydrogen-bond donors (Lipinski definition) is 0. The van der Waals surface area contributed by atoms with E-state index in [4.69, 9.17) is 9.40 Å². The highest BCUT2D eigenvalue weighted by Gasteiger charge is 2.22. The SMILES string of the molecule is c1ccc(-n2c3ccccc3c3ccc4c5ccccc5n(-c5cccc(-c6nc7ccccc7c7ccc8c9ccccc9oc8c67)c5)c4c32)cc1. The zero-order valence-electron chi connectivity index (χ0n) is 28.5. The lowest BCUT2D eigenvalue weighted by Gasteiger charge is -2.14. The highest BCUT2D eigenvalue weighted by atomic mass is 16.3. The van der Waals surface area contributed by atoms with E-state index in [-0.39, 0.29) is 0 Å². The van der Waals surface area contributed by atoms with E-state index in [0.717, 1.165) is 71.8 Å². The zero-order chi connectivity index (χ0) is 34.6. The summed E-state index contributed by atoms with van der Waals surface area (Å²) in [5, 5.41) is 10.4. The van der Waals surface area contributed by atoms with Gasteiger partial charge in [-0.2, -0.15) is 0 Å². The van der Waals surface area contributed by atoms with Crippen molar-refractivity contribution < 1.29 is 4.42 Å². The number of hydrogen-bond acceptors (Lipinski definition) is 2. The summed E-state index contributed by atoms with van der Waals surface area (Å²) in [6, 6.07) is 62.9. The molecule has 0 atom stereocenters. The molecule has 0 aliphatic rings. The number of para-hydroxylation sites is 5. The summed E-state index contributed by atoms with van der Waals surface area (Å²) in [5.41, 5.74) is 11.6. The van der Waals surface area contributed by atoms with Crippen molar-refractivity contribution in [2.45, 2.75) is 0 Å². The van der Waals surface area contributed by atoms with Crippen LogP contribution in [0, 0.1) is 0 Å². The van der Waals surface area contributed by atoms with E-state index in [9.17, 15) is 0 Å². The molecule has 0 fully saturated rings. The number of rotatable bonds is 3. The summed E-state index contributed by atoms with van der Waals surface area (Å²) in [6.45, 7) is 0. The van der Waals surface area contributed by atoms with Crippen LogP contribution in [0.5, 0.6) is 0 Å². The molecule has 0 unspecified atom stereocenters. The maximum Gasteiger partial charge on any atom is 0.145 e. The third kappa shape index (κ3) is 3.92. The molecular formula is C49H29N3O. The van der Waals surface area contributed by atoms with Gasteiger partial charge in [0.25, 0.3) is 0 Å². The van der Waals surface area contributed by atoms with Gasteiger partial charge in [0, 0.05) is 54.6 Å². The number of furan rings is 1. The lowest BCUT2D eigenvalue weighted by molar-refractivity contribution is 0.672. The second-order valence-electron chi connectivity index (χ2n) is 13.9. The fraction of sp³-hybridized carbons (Fsp3) is 0. The van der Waals surface area contributed by atoms with Gasteiger partial charge in [-0.1, -0.05) is 121 Å². The van der Waals surface area contributed by atoms with Gasteiger partial charge in [-0.05, 0) is 60.0 Å². The Labute approximate surface area is 303 Å². The van der Waals surface area contributed by atoms with Crippen molar-refractivity contribution >= 4 is 87.2 Å². The lowest BCUT2D eigenvalue weighted by atomic mass is 9.97. The van der Waals surface area contributed by atoms with Crippen molar-refractivity contribution in [3.8, 4) is 22.6 Å². The second kappa shape index (κ2) is 10.7. The molecule has 53 heavy (non-hydrogen) atoms. The molecule has 0 bridgehead atoms. The molecule has 4 heterocycles. The van der Waals surface area contributed by atoms with E-state index < -0.39 is 0 Å². The Morgan fingerprint density at radius 3 is 1.72 bits per heavy atom. The quantitative estimate of drug-likeness (QED) is 0.175. The molecule has 0 aliphatic heterocycles. The highest BCUT2D eigenvalue weighted by Crippen LogP contribution is 2.44. The first kappa shape index (κ1) is 28.5. The van der Waals surface area contributed by atoms with Crippen LogP contribution in [0.15, 0.2) is 180 Å². The third-order valence-corrected chi connectivity index (χ3v) is 11.1. The molecular weight excluding hydrogens is 647 g/mol. The Morgan fingerprint density at radius 1 is 0.396 bits per heavy atom. The Hall–Kier alpha value is -7.17. The largest absolute Gasteiger partial charge is 0.455 e. The molecule has 12 rings (SSSR count). The van der Waals surface area contributed by atoms with Gasteiger partial charge in [0.2, 0.25) is 0 Å². The number of fused-ring (bicyclic) bond motifs is 14. The first-order valence-electron chi connectivity index (χ1n) is 18.1. The van der Waals surface area contributed by atoms with E-state index in [0.29, 0.717) is 0 Å². The van der Waals surface area contributed by atoms with E-state index in [1.807, 2.05) is 12.1 Å². The van der Waals surface area contributed by atoms with Crippen LogP contribution in [0.1, 0.15) is 0 Å². The summed E-state index contributed by atoms with van der Waals surface area (Å²) in [4.78, 5) is 5.40. The molecule has 4 aromatic heterocycles. The second-order valence-corrected chi connectivity index (χ2v) is 13.9. The van der Waals surface area contributed by atoms with Gasteiger partial charge in [0.1, 0.15) is 11.2 Å². The van der Waals surface area contributed by atoms with Crippen LogP contribution in [-0.2, 0) is 0 Å². The monoisotopic (exact) mass is 675 g/mol. The molecule has 0 saturated carbocycles. The van der Waals surface area contributed by atoms with Gasteiger partial charge in [-0.3, -0.25) is 0 Å². The van der Waals surface area contributed by atoms with Gasteiger partial charge >= 0.3 is 0 Å². The smallest absolute Gasteiger partial charge is 0.145 e. The molecule has 4 nitrogen and oxygen atoms in total. The molecule has 0 amide bonds. The number of nitrogens with zero attached hydrogens (tertiary/aromatic N) is 3. The first-order chi connectivity index (χ1) is 26.3.